The second kappa shape index (κ2) is 10.6. The lowest BCUT2D eigenvalue weighted by Crippen LogP contribution is -2.42. The van der Waals surface area contributed by atoms with Crippen molar-refractivity contribution in [2.24, 2.45) is 11.7 Å². The van der Waals surface area contributed by atoms with E-state index in [1.54, 1.807) is 42.2 Å². The van der Waals surface area contributed by atoms with Gasteiger partial charge in [-0.05, 0) is 44.0 Å². The first-order chi connectivity index (χ1) is 15.4. The second-order valence-electron chi connectivity index (χ2n) is 7.60. The lowest BCUT2D eigenvalue weighted by atomic mass is 9.93. The Morgan fingerprint density at radius 3 is 2.72 bits per heavy atom. The highest BCUT2D eigenvalue weighted by Gasteiger charge is 2.31. The zero-order valence-electron chi connectivity index (χ0n) is 18.1. The zero-order valence-corrected chi connectivity index (χ0v) is 18.1. The first kappa shape index (κ1) is 23.1. The van der Waals surface area contributed by atoms with Gasteiger partial charge in [0.25, 0.3) is 0 Å². The minimum atomic E-state index is -0.425. The molecule has 2 aromatic rings. The van der Waals surface area contributed by atoms with Crippen LogP contribution in [-0.2, 0) is 25.5 Å². The Bertz CT molecular complexity index is 983. The molecule has 0 saturated carbocycles. The van der Waals surface area contributed by atoms with Gasteiger partial charge in [-0.1, -0.05) is 0 Å². The maximum absolute atomic E-state index is 13.0. The van der Waals surface area contributed by atoms with E-state index in [-0.39, 0.29) is 36.5 Å². The van der Waals surface area contributed by atoms with Crippen LogP contribution in [0, 0.1) is 11.3 Å². The Labute approximate surface area is 186 Å². The number of nitrogens with zero attached hydrogens (tertiary/aromatic N) is 1. The van der Waals surface area contributed by atoms with Gasteiger partial charge in [0.15, 0.2) is 0 Å². The van der Waals surface area contributed by atoms with E-state index in [0.717, 1.165) is 12.1 Å². The lowest BCUT2D eigenvalue weighted by molar-refractivity contribution is -0.143. The number of anilines is 2. The van der Waals surface area contributed by atoms with Crippen LogP contribution in [0.1, 0.15) is 43.9 Å². The van der Waals surface area contributed by atoms with Crippen molar-refractivity contribution in [2.75, 3.05) is 23.4 Å². The van der Waals surface area contributed by atoms with Gasteiger partial charge < -0.3 is 25.1 Å². The summed E-state index contributed by atoms with van der Waals surface area (Å²) in [5, 5.41) is 10.3. The summed E-state index contributed by atoms with van der Waals surface area (Å²) >= 11 is 0. The number of aryl methyl sites for hydroxylation is 1. The van der Waals surface area contributed by atoms with E-state index >= 15 is 0 Å². The van der Waals surface area contributed by atoms with Crippen molar-refractivity contribution >= 4 is 35.0 Å². The quantitative estimate of drug-likeness (QED) is 0.311. The molecule has 0 aliphatic carbocycles. The van der Waals surface area contributed by atoms with Crippen LogP contribution in [0.2, 0.25) is 0 Å². The number of rotatable bonds is 9. The number of piperidine rings is 1. The number of esters is 1. The van der Waals surface area contributed by atoms with Gasteiger partial charge in [0, 0.05) is 42.6 Å². The molecule has 1 unspecified atom stereocenters. The van der Waals surface area contributed by atoms with Crippen LogP contribution in [0.4, 0.5) is 11.4 Å². The molecule has 0 bridgehead atoms. The topological polar surface area (TPSA) is 139 Å². The minimum absolute atomic E-state index is 0.0306. The summed E-state index contributed by atoms with van der Waals surface area (Å²) in [5.74, 6) is -0.672. The number of nitrogens with one attached hydrogen (secondary N) is 2. The second-order valence-corrected chi connectivity index (χ2v) is 7.60. The molecular weight excluding hydrogens is 412 g/mol. The predicted molar refractivity (Wildman–Crippen MR) is 119 cm³/mol. The zero-order chi connectivity index (χ0) is 23.1. The molecule has 1 fully saturated rings. The van der Waals surface area contributed by atoms with E-state index < -0.39 is 5.92 Å². The van der Waals surface area contributed by atoms with Gasteiger partial charge >= 0.3 is 5.97 Å². The molecule has 3 rings (SSSR count). The number of carbonyl (C=O) groups excluding carboxylic acids is 3. The van der Waals surface area contributed by atoms with Gasteiger partial charge in [0.1, 0.15) is 11.6 Å². The maximum atomic E-state index is 13.0. The van der Waals surface area contributed by atoms with Crippen LogP contribution in [0.15, 0.2) is 41.0 Å². The van der Waals surface area contributed by atoms with Crippen LogP contribution in [0.3, 0.4) is 0 Å². The average molecular weight is 441 g/mol. The summed E-state index contributed by atoms with van der Waals surface area (Å²) in [6.45, 7) is 2.63. The minimum Gasteiger partial charge on any atom is -0.467 e. The van der Waals surface area contributed by atoms with Crippen molar-refractivity contribution in [1.82, 2.24) is 0 Å². The number of furan rings is 1. The fourth-order valence-corrected chi connectivity index (χ4v) is 3.74. The molecule has 0 radical (unpaired) electrons. The molecule has 2 amide bonds. The molecule has 170 valence electrons. The van der Waals surface area contributed by atoms with Crippen LogP contribution in [0.25, 0.3) is 0 Å². The summed E-state index contributed by atoms with van der Waals surface area (Å²) in [5.41, 5.74) is 7.30. The number of carbonyl (C=O) groups is 3. The highest BCUT2D eigenvalue weighted by Crippen LogP contribution is 2.27. The Hall–Kier alpha value is -3.62. The molecule has 1 atom stereocenters. The van der Waals surface area contributed by atoms with Crippen molar-refractivity contribution in [1.29, 1.82) is 5.41 Å². The van der Waals surface area contributed by atoms with Gasteiger partial charge in [-0.3, -0.25) is 19.8 Å². The van der Waals surface area contributed by atoms with Crippen LogP contribution < -0.4 is 16.0 Å². The SMILES string of the molecule is CCOC(=O)CCc1occc1NC(=O)CC1CCCN(c2ccc(C(=N)N)cc2)C1=O. The summed E-state index contributed by atoms with van der Waals surface area (Å²) in [6.07, 6.45) is 3.40. The van der Waals surface area contributed by atoms with Crippen molar-refractivity contribution < 1.29 is 23.5 Å². The number of nitrogens with two attached hydrogens (primary N) is 1. The molecule has 9 heteroatoms. The molecule has 0 spiro atoms. The number of benzene rings is 1. The van der Waals surface area contributed by atoms with Gasteiger partial charge in [0.2, 0.25) is 11.8 Å². The first-order valence-corrected chi connectivity index (χ1v) is 10.7. The standard InChI is InChI=1S/C23H28N4O5/c1-2-31-21(29)10-9-19-18(11-13-32-19)26-20(28)14-16-4-3-12-27(23(16)30)17-7-5-15(6-8-17)22(24)25/h5-8,11,13,16H,2-4,9-10,12,14H2,1H3,(H3,24,25)(H,26,28). The third-order valence-electron chi connectivity index (χ3n) is 5.35. The summed E-state index contributed by atoms with van der Waals surface area (Å²) in [6, 6.07) is 8.57. The van der Waals surface area contributed by atoms with Crippen molar-refractivity contribution in [3.05, 3.63) is 47.9 Å². The third kappa shape index (κ3) is 5.75. The molecule has 4 N–H and O–H groups in total. The third-order valence-corrected chi connectivity index (χ3v) is 5.35. The van der Waals surface area contributed by atoms with E-state index in [1.807, 2.05) is 0 Å². The summed E-state index contributed by atoms with van der Waals surface area (Å²) in [4.78, 5) is 38.9. The molecule has 1 aliphatic heterocycles. The number of hydrogen-bond acceptors (Lipinski definition) is 6. The van der Waals surface area contributed by atoms with E-state index in [2.05, 4.69) is 5.32 Å². The van der Waals surface area contributed by atoms with E-state index in [1.165, 1.54) is 6.26 Å². The first-order valence-electron chi connectivity index (χ1n) is 10.7. The number of amidine groups is 1. The molecule has 1 saturated heterocycles. The molecule has 1 aromatic heterocycles. The Morgan fingerprint density at radius 2 is 2.03 bits per heavy atom. The van der Waals surface area contributed by atoms with Gasteiger partial charge in [0.05, 0.1) is 25.0 Å². The van der Waals surface area contributed by atoms with Crippen molar-refractivity contribution in [2.45, 2.75) is 39.0 Å². The van der Waals surface area contributed by atoms with Crippen molar-refractivity contribution in [3.63, 3.8) is 0 Å². The summed E-state index contributed by atoms with van der Waals surface area (Å²) < 4.78 is 10.3. The normalized spacial score (nSPS) is 16.0. The number of amides is 2. The smallest absolute Gasteiger partial charge is 0.306 e. The van der Waals surface area contributed by atoms with Crippen LogP contribution >= 0.6 is 0 Å². The largest absolute Gasteiger partial charge is 0.467 e. The average Bonchev–Trinajstić information content (AvgIpc) is 3.21. The van der Waals surface area contributed by atoms with Gasteiger partial charge in [-0.25, -0.2) is 0 Å². The van der Waals surface area contributed by atoms with Crippen LogP contribution in [0.5, 0.6) is 0 Å². The fraction of sp³-hybridized carbons (Fsp3) is 0.391. The number of nitrogen functional groups attached to an aromatic ring is 1. The molecule has 1 aliphatic rings. The highest BCUT2D eigenvalue weighted by molar-refractivity contribution is 6.01. The Kier molecular flexibility index (Phi) is 7.64. The maximum Gasteiger partial charge on any atom is 0.306 e. The number of ether oxygens (including phenoxy) is 1. The Balaban J connectivity index is 1.58. The predicted octanol–water partition coefficient (Wildman–Crippen LogP) is 2.83. The van der Waals surface area contributed by atoms with E-state index in [4.69, 9.17) is 20.3 Å². The molecule has 2 heterocycles. The van der Waals surface area contributed by atoms with E-state index in [9.17, 15) is 14.4 Å². The molecular formula is C23H28N4O5. The van der Waals surface area contributed by atoms with Gasteiger partial charge in [-0.2, -0.15) is 0 Å². The summed E-state index contributed by atoms with van der Waals surface area (Å²) in [7, 11) is 0. The fourth-order valence-electron chi connectivity index (χ4n) is 3.74. The lowest BCUT2D eigenvalue weighted by Gasteiger charge is -2.32. The molecule has 9 nitrogen and oxygen atoms in total. The molecule has 32 heavy (non-hydrogen) atoms. The molecule has 1 aromatic carbocycles. The monoisotopic (exact) mass is 440 g/mol. The Morgan fingerprint density at radius 1 is 1.28 bits per heavy atom. The van der Waals surface area contributed by atoms with Crippen molar-refractivity contribution in [3.8, 4) is 0 Å². The van der Waals surface area contributed by atoms with E-state index in [0.29, 0.717) is 43.0 Å². The van der Waals surface area contributed by atoms with Gasteiger partial charge in [-0.15, -0.1) is 0 Å². The van der Waals surface area contributed by atoms with Crippen LogP contribution in [-0.4, -0.2) is 36.8 Å². The highest BCUT2D eigenvalue weighted by atomic mass is 16.5. The number of hydrogen-bond donors (Lipinski definition) is 3.